The van der Waals surface area contributed by atoms with E-state index in [9.17, 15) is 22.4 Å². The summed E-state index contributed by atoms with van der Waals surface area (Å²) in [7, 11) is 0. The molecule has 12 heteroatoms. The Balaban J connectivity index is 1.67. The highest BCUT2D eigenvalue weighted by molar-refractivity contribution is 6.34. The van der Waals surface area contributed by atoms with E-state index in [1.165, 1.54) is 6.07 Å². The summed E-state index contributed by atoms with van der Waals surface area (Å²) in [6.07, 6.45) is -5.29. The average molecular weight is 710 g/mol. The fraction of sp³-hybridized carbons (Fsp3) is 0.243. The van der Waals surface area contributed by atoms with Gasteiger partial charge in [0.25, 0.3) is 0 Å². The van der Waals surface area contributed by atoms with Crippen LogP contribution in [-0.4, -0.2) is 47.9 Å². The van der Waals surface area contributed by atoms with Crippen molar-refractivity contribution >= 4 is 46.2 Å². The van der Waals surface area contributed by atoms with Crippen molar-refractivity contribution in [1.82, 2.24) is 14.9 Å². The van der Waals surface area contributed by atoms with Crippen LogP contribution in [0.2, 0.25) is 10.0 Å². The van der Waals surface area contributed by atoms with Crippen LogP contribution < -0.4 is 15.0 Å². The second-order valence-electron chi connectivity index (χ2n) is 11.8. The number of nitrogens with one attached hydrogen (secondary N) is 1. The molecule has 252 valence electrons. The summed E-state index contributed by atoms with van der Waals surface area (Å²) in [5.74, 6) is 3.49. The highest BCUT2D eigenvalue weighted by atomic mass is 35.5. The number of aryl methyl sites for hydroxylation is 3. The number of piperazine rings is 1. The minimum absolute atomic E-state index is 0.0864. The van der Waals surface area contributed by atoms with Gasteiger partial charge in [-0.2, -0.15) is 13.2 Å². The summed E-state index contributed by atoms with van der Waals surface area (Å²) in [6.45, 7) is 7.96. The molecule has 0 bridgehead atoms. The van der Waals surface area contributed by atoms with Crippen molar-refractivity contribution in [1.29, 1.82) is 0 Å². The number of alkyl halides is 3. The van der Waals surface area contributed by atoms with Gasteiger partial charge in [0, 0.05) is 42.9 Å². The van der Waals surface area contributed by atoms with Crippen molar-refractivity contribution in [3.05, 3.63) is 110 Å². The molecule has 6 rings (SSSR count). The lowest BCUT2D eigenvalue weighted by Crippen LogP contribution is -2.44. The first-order valence-electron chi connectivity index (χ1n) is 15.4. The van der Waals surface area contributed by atoms with Gasteiger partial charge < -0.3 is 19.5 Å². The van der Waals surface area contributed by atoms with Crippen LogP contribution in [0, 0.1) is 38.4 Å². The SMILES string of the molecule is Cc1cc(Cn2c(N3CCNCC3)nc3c(-c4c(C)cccc4C#Cc4ccccc4Cl)c(OC(=O)C(F)(F)F)c(Cl)cc32)cc(C)c1F. The normalized spacial score (nSPS) is 13.4. The predicted octanol–water partition coefficient (Wildman–Crippen LogP) is 8.40. The molecule has 2 heterocycles. The van der Waals surface area contributed by atoms with Gasteiger partial charge in [-0.1, -0.05) is 71.4 Å². The summed E-state index contributed by atoms with van der Waals surface area (Å²) < 4.78 is 62.6. The molecule has 4 aromatic carbocycles. The van der Waals surface area contributed by atoms with Crippen molar-refractivity contribution in [2.24, 2.45) is 0 Å². The number of rotatable bonds is 5. The number of aromatic nitrogens is 2. The van der Waals surface area contributed by atoms with E-state index in [0.29, 0.717) is 76.0 Å². The number of halogens is 6. The van der Waals surface area contributed by atoms with Crippen LogP contribution in [0.3, 0.4) is 0 Å². The Morgan fingerprint density at radius 1 is 0.898 bits per heavy atom. The Hall–Kier alpha value is -4.56. The number of hydrogen-bond acceptors (Lipinski definition) is 5. The lowest BCUT2D eigenvalue weighted by molar-refractivity contribution is -0.189. The fourth-order valence-corrected chi connectivity index (χ4v) is 6.47. The molecule has 49 heavy (non-hydrogen) atoms. The Bertz CT molecular complexity index is 2140. The van der Waals surface area contributed by atoms with Crippen molar-refractivity contribution in [3.8, 4) is 28.7 Å². The largest absolute Gasteiger partial charge is 0.491 e. The number of benzene rings is 4. The van der Waals surface area contributed by atoms with Crippen molar-refractivity contribution in [2.75, 3.05) is 31.1 Å². The van der Waals surface area contributed by atoms with Gasteiger partial charge in [-0.15, -0.1) is 0 Å². The van der Waals surface area contributed by atoms with Gasteiger partial charge in [-0.3, -0.25) is 0 Å². The first kappa shape index (κ1) is 34.3. The molecule has 1 fully saturated rings. The fourth-order valence-electron chi connectivity index (χ4n) is 6.05. The number of hydrogen-bond donors (Lipinski definition) is 1. The molecule has 0 radical (unpaired) electrons. The van der Waals surface area contributed by atoms with E-state index in [4.69, 9.17) is 32.9 Å². The van der Waals surface area contributed by atoms with Gasteiger partial charge in [0.2, 0.25) is 5.95 Å². The topological polar surface area (TPSA) is 59.4 Å². The molecule has 1 N–H and O–H groups in total. The van der Waals surface area contributed by atoms with Gasteiger partial charge in [0.05, 0.1) is 27.7 Å². The van der Waals surface area contributed by atoms with Crippen LogP contribution in [0.1, 0.15) is 33.4 Å². The van der Waals surface area contributed by atoms with E-state index < -0.39 is 17.9 Å². The lowest BCUT2D eigenvalue weighted by atomic mass is 9.93. The van der Waals surface area contributed by atoms with Gasteiger partial charge in [-0.25, -0.2) is 14.2 Å². The Labute approximate surface area is 290 Å². The van der Waals surface area contributed by atoms with Crippen molar-refractivity contribution in [3.63, 3.8) is 0 Å². The highest BCUT2D eigenvalue weighted by Crippen LogP contribution is 2.46. The van der Waals surface area contributed by atoms with E-state index in [1.807, 2.05) is 4.57 Å². The number of fused-ring (bicyclic) bond motifs is 1. The van der Waals surface area contributed by atoms with Crippen LogP contribution in [0.4, 0.5) is 23.5 Å². The minimum Gasteiger partial charge on any atom is -0.418 e. The van der Waals surface area contributed by atoms with E-state index in [0.717, 1.165) is 5.56 Å². The monoisotopic (exact) mass is 708 g/mol. The second kappa shape index (κ2) is 13.7. The van der Waals surface area contributed by atoms with E-state index >= 15 is 0 Å². The van der Waals surface area contributed by atoms with Crippen LogP contribution in [0.5, 0.6) is 5.75 Å². The minimum atomic E-state index is -5.29. The predicted molar refractivity (Wildman–Crippen MR) is 184 cm³/mol. The molecule has 0 aliphatic carbocycles. The van der Waals surface area contributed by atoms with Crippen LogP contribution >= 0.6 is 23.2 Å². The van der Waals surface area contributed by atoms with E-state index in [1.54, 1.807) is 75.4 Å². The van der Waals surface area contributed by atoms with E-state index in [-0.39, 0.29) is 28.5 Å². The van der Waals surface area contributed by atoms with E-state index in [2.05, 4.69) is 22.1 Å². The van der Waals surface area contributed by atoms with Gasteiger partial charge in [-0.05, 0) is 67.3 Å². The Morgan fingerprint density at radius 3 is 2.22 bits per heavy atom. The zero-order chi connectivity index (χ0) is 35.0. The highest BCUT2D eigenvalue weighted by Gasteiger charge is 2.42. The molecular formula is C37H30Cl2F4N4O2. The first-order valence-corrected chi connectivity index (χ1v) is 16.2. The number of imidazole rings is 1. The van der Waals surface area contributed by atoms with Crippen molar-refractivity contribution < 1.29 is 27.1 Å². The molecule has 5 aromatic rings. The number of anilines is 1. The summed E-state index contributed by atoms with van der Waals surface area (Å²) in [6, 6.07) is 17.2. The van der Waals surface area contributed by atoms with Gasteiger partial charge in [0.15, 0.2) is 5.75 Å². The maximum absolute atomic E-state index is 14.6. The number of carbonyl (C=O) groups is 1. The molecule has 0 amide bonds. The number of esters is 1. The summed E-state index contributed by atoms with van der Waals surface area (Å²) >= 11 is 13.1. The molecule has 0 unspecified atom stereocenters. The average Bonchev–Trinajstić information content (AvgIpc) is 3.41. The third-order valence-electron chi connectivity index (χ3n) is 8.32. The molecule has 1 saturated heterocycles. The Morgan fingerprint density at radius 2 is 1.55 bits per heavy atom. The Kier molecular flexibility index (Phi) is 9.63. The molecule has 1 aliphatic rings. The third-order valence-corrected chi connectivity index (χ3v) is 8.93. The van der Waals surface area contributed by atoms with Gasteiger partial charge >= 0.3 is 12.1 Å². The maximum atomic E-state index is 14.6. The maximum Gasteiger partial charge on any atom is 0.491 e. The smallest absolute Gasteiger partial charge is 0.418 e. The summed E-state index contributed by atoms with van der Waals surface area (Å²) in [4.78, 5) is 19.5. The molecular weight excluding hydrogens is 679 g/mol. The number of carbonyl (C=O) groups excluding carboxylic acids is 1. The molecule has 0 spiro atoms. The second-order valence-corrected chi connectivity index (χ2v) is 12.6. The molecule has 1 aliphatic heterocycles. The molecule has 0 atom stereocenters. The lowest BCUT2D eigenvalue weighted by Gasteiger charge is -2.29. The quantitative estimate of drug-likeness (QED) is 0.0860. The molecule has 1 aromatic heterocycles. The zero-order valence-electron chi connectivity index (χ0n) is 26.7. The van der Waals surface area contributed by atoms with Crippen molar-refractivity contribution in [2.45, 2.75) is 33.5 Å². The number of nitrogens with zero attached hydrogens (tertiary/aromatic N) is 3. The van der Waals surface area contributed by atoms with Crippen LogP contribution in [0.25, 0.3) is 22.2 Å². The zero-order valence-corrected chi connectivity index (χ0v) is 28.2. The summed E-state index contributed by atoms with van der Waals surface area (Å²) in [5, 5.41) is 3.52. The molecule has 0 saturated carbocycles. The van der Waals surface area contributed by atoms with Crippen LogP contribution in [0.15, 0.2) is 60.7 Å². The van der Waals surface area contributed by atoms with Gasteiger partial charge in [0.1, 0.15) is 11.3 Å². The molecule has 6 nitrogen and oxygen atoms in total. The summed E-state index contributed by atoms with van der Waals surface area (Å²) in [5.41, 5.74) is 4.56. The third kappa shape index (κ3) is 6.97. The first-order chi connectivity index (χ1) is 23.3. The van der Waals surface area contributed by atoms with Crippen LogP contribution in [-0.2, 0) is 11.3 Å². The standard InChI is InChI=1S/C37H30Cl2F4N4O2/c1-21-7-6-9-26(12-11-25-8-4-5-10-27(25)38)30(21)31-33-29(19-28(39)34(31)49-35(48)37(41,42)43)47(36(45-33)46-15-13-44-14-16-46)20-24-17-22(2)32(40)23(3)18-24/h4-10,17-19,44H,13-16,20H2,1-3H3. The number of ether oxygens (including phenoxy) is 1.